The van der Waals surface area contributed by atoms with Crippen LogP contribution in [0.15, 0.2) is 66.9 Å². The number of benzene rings is 3. The van der Waals surface area contributed by atoms with E-state index in [4.69, 9.17) is 37.7 Å². The lowest BCUT2D eigenvalue weighted by atomic mass is 9.77. The number of likely N-dealkylation sites (tertiary alicyclic amines) is 1. The average Bonchev–Trinajstić information content (AvgIpc) is 3.61. The van der Waals surface area contributed by atoms with Crippen molar-refractivity contribution in [1.82, 2.24) is 25.1 Å². The minimum absolute atomic E-state index is 0.0986. The van der Waals surface area contributed by atoms with Crippen LogP contribution in [0.4, 0.5) is 11.6 Å². The van der Waals surface area contributed by atoms with E-state index in [-0.39, 0.29) is 25.4 Å². The molecule has 4 amide bonds. The molecule has 0 radical (unpaired) electrons. The van der Waals surface area contributed by atoms with Crippen molar-refractivity contribution in [2.75, 3.05) is 68.1 Å². The Hall–Kier alpha value is -5.75. The van der Waals surface area contributed by atoms with Gasteiger partial charge in [0.05, 0.1) is 39.0 Å². The van der Waals surface area contributed by atoms with E-state index in [1.165, 1.54) is 12.8 Å². The Morgan fingerprint density at radius 2 is 1.53 bits per heavy atom. The highest BCUT2D eigenvalue weighted by Gasteiger charge is 2.46. The van der Waals surface area contributed by atoms with Crippen molar-refractivity contribution in [3.63, 3.8) is 0 Å². The standard InChI is InChI=1S/C52H58Cl2N8O6/c1-52(2,38-28-36(30-55)47(42(54)29-38)67-27-19-53)37-6-8-40(9-7-37)68-32-39-12-20-56-51(57-39)61-25-17-35(18-26-61)34-15-21-59(22-16-34)31-33-13-23-60(24-14-33)43-5-3-4-41-46(43)50(66)62(49(41)65)44-10-11-45(63)58-48(44)64/h3-9,12,20,28-29,33-35,44H,10-11,13-19,21-27,31-32H2,1-2H3,(H,58,63,64). The van der Waals surface area contributed by atoms with Crippen molar-refractivity contribution in [2.45, 2.75) is 83.3 Å². The number of fused-ring (bicyclic) bond motifs is 1. The van der Waals surface area contributed by atoms with Gasteiger partial charge in [-0.2, -0.15) is 5.26 Å². The fraction of sp³-hybridized carbons (Fsp3) is 0.481. The fourth-order valence-electron chi connectivity index (χ4n) is 10.9. The molecule has 4 fully saturated rings. The number of alkyl halides is 1. The summed E-state index contributed by atoms with van der Waals surface area (Å²) in [5.74, 6) is 2.24. The molecular weight excluding hydrogens is 904 g/mol. The highest BCUT2D eigenvalue weighted by atomic mass is 35.5. The lowest BCUT2D eigenvalue weighted by molar-refractivity contribution is -0.136. The van der Waals surface area contributed by atoms with Gasteiger partial charge in [0.2, 0.25) is 17.8 Å². The van der Waals surface area contributed by atoms with Crippen LogP contribution in [0.25, 0.3) is 0 Å². The van der Waals surface area contributed by atoms with E-state index in [0.717, 1.165) is 117 Å². The predicted molar refractivity (Wildman–Crippen MR) is 259 cm³/mol. The van der Waals surface area contributed by atoms with Gasteiger partial charge in [-0.15, -0.1) is 11.6 Å². The minimum atomic E-state index is -0.971. The number of anilines is 2. The van der Waals surface area contributed by atoms with E-state index in [2.05, 4.69) is 44.9 Å². The van der Waals surface area contributed by atoms with Gasteiger partial charge >= 0.3 is 0 Å². The highest BCUT2D eigenvalue weighted by molar-refractivity contribution is 6.32. The first-order valence-electron chi connectivity index (χ1n) is 24.0. The monoisotopic (exact) mass is 960 g/mol. The molecule has 3 aromatic carbocycles. The molecular formula is C52H58Cl2N8O6. The third-order valence-corrected chi connectivity index (χ3v) is 15.3. The zero-order chi connectivity index (χ0) is 47.5. The molecule has 68 heavy (non-hydrogen) atoms. The second-order valence-electron chi connectivity index (χ2n) is 19.3. The van der Waals surface area contributed by atoms with Crippen molar-refractivity contribution in [1.29, 1.82) is 5.26 Å². The normalized spacial score (nSPS) is 20.1. The van der Waals surface area contributed by atoms with E-state index in [1.807, 2.05) is 60.8 Å². The van der Waals surface area contributed by atoms with Gasteiger partial charge in [0, 0.05) is 50.8 Å². The molecule has 1 atom stereocenters. The molecule has 4 saturated heterocycles. The van der Waals surface area contributed by atoms with Gasteiger partial charge in [-0.05, 0) is 129 Å². The van der Waals surface area contributed by atoms with Crippen molar-refractivity contribution in [3.8, 4) is 17.6 Å². The summed E-state index contributed by atoms with van der Waals surface area (Å²) in [5.41, 5.74) is 4.16. The van der Waals surface area contributed by atoms with Crippen molar-refractivity contribution >= 4 is 58.5 Å². The molecule has 0 saturated carbocycles. The van der Waals surface area contributed by atoms with Gasteiger partial charge in [0.15, 0.2) is 5.75 Å². The Morgan fingerprint density at radius 1 is 0.824 bits per heavy atom. The molecule has 0 bridgehead atoms. The number of nitriles is 1. The van der Waals surface area contributed by atoms with Gasteiger partial charge in [-0.3, -0.25) is 29.4 Å². The number of ether oxygens (including phenoxy) is 2. The number of nitrogens with zero attached hydrogens (tertiary/aromatic N) is 7. The number of piperidine rings is 4. The van der Waals surface area contributed by atoms with Gasteiger partial charge in [0.1, 0.15) is 31.1 Å². The lowest BCUT2D eigenvalue weighted by Gasteiger charge is -2.42. The third kappa shape index (κ3) is 9.89. The Morgan fingerprint density at radius 3 is 2.22 bits per heavy atom. The Labute approximate surface area is 407 Å². The fourth-order valence-corrected chi connectivity index (χ4v) is 11.2. The quantitative estimate of drug-likeness (QED) is 0.0968. The van der Waals surface area contributed by atoms with E-state index in [0.29, 0.717) is 51.8 Å². The maximum atomic E-state index is 13.7. The molecule has 1 N–H and O–H groups in total. The first-order valence-corrected chi connectivity index (χ1v) is 24.9. The van der Waals surface area contributed by atoms with Gasteiger partial charge < -0.3 is 24.2 Å². The summed E-state index contributed by atoms with van der Waals surface area (Å²) in [6, 6.07) is 20.2. The first kappa shape index (κ1) is 47.3. The number of carbonyl (C=O) groups is 4. The van der Waals surface area contributed by atoms with Crippen LogP contribution in [0.2, 0.25) is 5.02 Å². The average molecular weight is 962 g/mol. The molecule has 5 aliphatic rings. The topological polar surface area (TPSA) is 161 Å². The van der Waals surface area contributed by atoms with Crippen LogP contribution in [-0.4, -0.2) is 108 Å². The predicted octanol–water partition coefficient (Wildman–Crippen LogP) is 7.77. The molecule has 14 nitrogen and oxygen atoms in total. The van der Waals surface area contributed by atoms with Gasteiger partial charge in [-0.25, -0.2) is 9.97 Å². The zero-order valence-electron chi connectivity index (χ0n) is 38.7. The van der Waals surface area contributed by atoms with E-state index in [9.17, 15) is 24.4 Å². The van der Waals surface area contributed by atoms with Crippen LogP contribution in [0.1, 0.15) is 108 Å². The molecule has 9 rings (SSSR count). The third-order valence-electron chi connectivity index (χ3n) is 14.9. The maximum absolute atomic E-state index is 13.7. The summed E-state index contributed by atoms with van der Waals surface area (Å²) in [5, 5.41) is 12.5. The largest absolute Gasteiger partial charge is 0.489 e. The van der Waals surface area contributed by atoms with Crippen LogP contribution in [0, 0.1) is 29.1 Å². The van der Waals surface area contributed by atoms with Crippen LogP contribution in [0.5, 0.6) is 11.5 Å². The van der Waals surface area contributed by atoms with E-state index < -0.39 is 29.2 Å². The molecule has 1 aromatic heterocycles. The number of aromatic nitrogens is 2. The Kier molecular flexibility index (Phi) is 14.2. The van der Waals surface area contributed by atoms with Crippen molar-refractivity contribution < 1.29 is 28.7 Å². The van der Waals surface area contributed by atoms with E-state index >= 15 is 0 Å². The number of carbonyl (C=O) groups excluding carboxylic acids is 4. The van der Waals surface area contributed by atoms with Crippen LogP contribution < -0.4 is 24.6 Å². The summed E-state index contributed by atoms with van der Waals surface area (Å²) in [6.07, 6.45) is 8.78. The summed E-state index contributed by atoms with van der Waals surface area (Å²) in [7, 11) is 0. The first-order chi connectivity index (χ1) is 32.9. The number of rotatable bonds is 14. The number of imide groups is 2. The molecule has 5 aliphatic heterocycles. The Balaban J connectivity index is 0.708. The van der Waals surface area contributed by atoms with Gasteiger partial charge in [-0.1, -0.05) is 43.6 Å². The number of nitrogens with one attached hydrogen (secondary N) is 1. The SMILES string of the molecule is CC(C)(c1ccc(OCc2ccnc(N3CCC(C4CCN(CC5CCN(c6cccc7c6C(=O)N(C6CCC(=O)NC6=O)C7=O)CC5)CC4)CC3)n2)cc1)c1cc(Cl)c(OCCCl)c(C#N)c1. The maximum Gasteiger partial charge on any atom is 0.264 e. The second kappa shape index (κ2) is 20.5. The number of halogens is 2. The van der Waals surface area contributed by atoms with Crippen LogP contribution in [-0.2, 0) is 21.6 Å². The lowest BCUT2D eigenvalue weighted by Crippen LogP contribution is -2.54. The number of amides is 4. The zero-order valence-corrected chi connectivity index (χ0v) is 40.2. The van der Waals surface area contributed by atoms with Gasteiger partial charge in [0.25, 0.3) is 11.8 Å². The van der Waals surface area contributed by atoms with Crippen molar-refractivity contribution in [3.05, 3.63) is 105 Å². The number of hydrogen-bond acceptors (Lipinski definition) is 12. The second-order valence-corrected chi connectivity index (χ2v) is 20.1. The molecule has 4 aromatic rings. The number of hydrogen-bond donors (Lipinski definition) is 1. The molecule has 0 spiro atoms. The van der Waals surface area contributed by atoms with Crippen LogP contribution in [0.3, 0.4) is 0 Å². The molecule has 1 unspecified atom stereocenters. The van der Waals surface area contributed by atoms with Crippen LogP contribution >= 0.6 is 23.2 Å². The van der Waals surface area contributed by atoms with Crippen molar-refractivity contribution in [2.24, 2.45) is 17.8 Å². The summed E-state index contributed by atoms with van der Waals surface area (Å²) in [6.45, 7) is 11.6. The Bertz CT molecular complexity index is 2580. The molecule has 16 heteroatoms. The summed E-state index contributed by atoms with van der Waals surface area (Å²) >= 11 is 12.4. The molecule has 0 aliphatic carbocycles. The molecule has 6 heterocycles. The van der Waals surface area contributed by atoms with E-state index in [1.54, 1.807) is 6.07 Å². The summed E-state index contributed by atoms with van der Waals surface area (Å²) < 4.78 is 11.8. The molecule has 356 valence electrons. The minimum Gasteiger partial charge on any atom is -0.489 e. The highest BCUT2D eigenvalue weighted by Crippen LogP contribution is 2.40. The smallest absolute Gasteiger partial charge is 0.264 e. The summed E-state index contributed by atoms with van der Waals surface area (Å²) in [4.78, 5) is 69.2.